The lowest BCUT2D eigenvalue weighted by Crippen LogP contribution is -2.50. The molecule has 0 bridgehead atoms. The van der Waals surface area contributed by atoms with E-state index in [-0.39, 0.29) is 10.6 Å². The maximum absolute atomic E-state index is 11.0. The van der Waals surface area contributed by atoms with E-state index in [0.29, 0.717) is 17.1 Å². The molecule has 3 aliphatic rings. The second-order valence-electron chi connectivity index (χ2n) is 7.65. The van der Waals surface area contributed by atoms with Gasteiger partial charge in [-0.1, -0.05) is 37.4 Å². The molecule has 1 aromatic carbocycles. The molecule has 1 aromatic rings. The summed E-state index contributed by atoms with van der Waals surface area (Å²) in [5, 5.41) is 12.2. The Labute approximate surface area is 153 Å². The number of thioether (sulfide) groups is 1. The van der Waals surface area contributed by atoms with Gasteiger partial charge in [0, 0.05) is 23.4 Å². The molecule has 0 radical (unpaired) electrons. The predicted molar refractivity (Wildman–Crippen MR) is 103 cm³/mol. The van der Waals surface area contributed by atoms with E-state index < -0.39 is 0 Å². The number of hydrogen-bond acceptors (Lipinski definition) is 4. The highest BCUT2D eigenvalue weighted by Gasteiger charge is 2.49. The molecule has 1 spiro atoms. The van der Waals surface area contributed by atoms with Gasteiger partial charge in [0.1, 0.15) is 0 Å². The number of amidine groups is 1. The van der Waals surface area contributed by atoms with Gasteiger partial charge in [-0.05, 0) is 44.7 Å². The van der Waals surface area contributed by atoms with Crippen molar-refractivity contribution in [1.82, 2.24) is 4.90 Å². The summed E-state index contributed by atoms with van der Waals surface area (Å²) in [5.74, 6) is 1.15. The SMILES string of the molecule is Cc1cc(N=C2SCC3(CCCC3)N2C2CCCC2)ccc1[N+](=O)[O-]. The van der Waals surface area contributed by atoms with Gasteiger partial charge in [0.05, 0.1) is 16.1 Å². The van der Waals surface area contributed by atoms with Crippen molar-refractivity contribution in [2.75, 3.05) is 5.75 Å². The van der Waals surface area contributed by atoms with Crippen LogP contribution in [0.15, 0.2) is 23.2 Å². The van der Waals surface area contributed by atoms with Crippen LogP contribution >= 0.6 is 11.8 Å². The molecule has 1 heterocycles. The van der Waals surface area contributed by atoms with Gasteiger partial charge in [-0.25, -0.2) is 4.99 Å². The van der Waals surface area contributed by atoms with Crippen molar-refractivity contribution in [2.45, 2.75) is 69.9 Å². The summed E-state index contributed by atoms with van der Waals surface area (Å²) in [5.41, 5.74) is 2.00. The minimum atomic E-state index is -0.324. The fraction of sp³-hybridized carbons (Fsp3) is 0.632. The molecule has 0 aromatic heterocycles. The molecular formula is C19H25N3O2S. The first-order valence-electron chi connectivity index (χ1n) is 9.35. The monoisotopic (exact) mass is 359 g/mol. The van der Waals surface area contributed by atoms with Gasteiger partial charge in [-0.3, -0.25) is 10.1 Å². The first-order chi connectivity index (χ1) is 12.1. The van der Waals surface area contributed by atoms with Crippen molar-refractivity contribution in [3.63, 3.8) is 0 Å². The average Bonchev–Trinajstić information content (AvgIpc) is 3.31. The van der Waals surface area contributed by atoms with E-state index in [4.69, 9.17) is 4.99 Å². The highest BCUT2D eigenvalue weighted by molar-refractivity contribution is 8.14. The normalized spacial score (nSPS) is 24.7. The molecule has 0 atom stereocenters. The summed E-state index contributed by atoms with van der Waals surface area (Å²) in [6.07, 6.45) is 10.4. The van der Waals surface area contributed by atoms with Crippen molar-refractivity contribution in [3.8, 4) is 0 Å². The molecule has 2 aliphatic carbocycles. The molecule has 0 N–H and O–H groups in total. The van der Waals surface area contributed by atoms with E-state index in [1.54, 1.807) is 19.1 Å². The van der Waals surface area contributed by atoms with Crippen LogP contribution in [0, 0.1) is 17.0 Å². The predicted octanol–water partition coefficient (Wildman–Crippen LogP) is 5.19. The summed E-state index contributed by atoms with van der Waals surface area (Å²) in [6, 6.07) is 5.84. The molecular weight excluding hydrogens is 334 g/mol. The Morgan fingerprint density at radius 2 is 1.96 bits per heavy atom. The van der Waals surface area contributed by atoms with Crippen LogP contribution in [-0.4, -0.2) is 32.3 Å². The van der Waals surface area contributed by atoms with Gasteiger partial charge in [-0.2, -0.15) is 0 Å². The molecule has 0 unspecified atom stereocenters. The van der Waals surface area contributed by atoms with Crippen LogP contribution in [0.5, 0.6) is 0 Å². The third-order valence-electron chi connectivity index (χ3n) is 6.01. The average molecular weight is 359 g/mol. The van der Waals surface area contributed by atoms with E-state index in [9.17, 15) is 10.1 Å². The second kappa shape index (κ2) is 6.63. The Bertz CT molecular complexity index is 707. The Hall–Kier alpha value is -1.56. The van der Waals surface area contributed by atoms with Crippen LogP contribution in [0.25, 0.3) is 0 Å². The minimum absolute atomic E-state index is 0.169. The van der Waals surface area contributed by atoms with Crippen LogP contribution in [0.2, 0.25) is 0 Å². The molecule has 25 heavy (non-hydrogen) atoms. The second-order valence-corrected chi connectivity index (χ2v) is 8.59. The van der Waals surface area contributed by atoms with Gasteiger partial charge in [-0.15, -0.1) is 0 Å². The van der Waals surface area contributed by atoms with Crippen LogP contribution in [0.1, 0.15) is 56.9 Å². The molecule has 4 rings (SSSR count). The molecule has 2 saturated carbocycles. The molecule has 5 nitrogen and oxygen atoms in total. The van der Waals surface area contributed by atoms with Crippen molar-refractivity contribution in [3.05, 3.63) is 33.9 Å². The van der Waals surface area contributed by atoms with Crippen molar-refractivity contribution < 1.29 is 4.92 Å². The Morgan fingerprint density at radius 1 is 1.24 bits per heavy atom. The molecule has 134 valence electrons. The maximum atomic E-state index is 11.0. The van der Waals surface area contributed by atoms with Crippen molar-refractivity contribution in [1.29, 1.82) is 0 Å². The lowest BCUT2D eigenvalue weighted by atomic mass is 9.95. The van der Waals surface area contributed by atoms with E-state index in [0.717, 1.165) is 16.6 Å². The number of rotatable bonds is 3. The van der Waals surface area contributed by atoms with E-state index >= 15 is 0 Å². The molecule has 1 aliphatic heterocycles. The van der Waals surface area contributed by atoms with Gasteiger partial charge in [0.25, 0.3) is 5.69 Å². The highest BCUT2D eigenvalue weighted by atomic mass is 32.2. The third kappa shape index (κ3) is 3.05. The number of aliphatic imine (C=N–C) groups is 1. The quantitative estimate of drug-likeness (QED) is 0.550. The molecule has 6 heteroatoms. The lowest BCUT2D eigenvalue weighted by molar-refractivity contribution is -0.385. The van der Waals surface area contributed by atoms with Crippen molar-refractivity contribution in [2.24, 2.45) is 4.99 Å². The summed E-state index contributed by atoms with van der Waals surface area (Å²) in [7, 11) is 0. The zero-order valence-electron chi connectivity index (χ0n) is 14.7. The molecule has 0 amide bonds. The van der Waals surface area contributed by atoms with E-state index in [1.165, 1.54) is 51.4 Å². The van der Waals surface area contributed by atoms with Crippen LogP contribution in [0.4, 0.5) is 11.4 Å². The summed E-state index contributed by atoms with van der Waals surface area (Å²) in [6.45, 7) is 1.79. The Balaban J connectivity index is 1.67. The van der Waals surface area contributed by atoms with Gasteiger partial charge in [0.15, 0.2) is 5.17 Å². The van der Waals surface area contributed by atoms with Crippen LogP contribution in [0.3, 0.4) is 0 Å². The third-order valence-corrected chi connectivity index (χ3v) is 7.24. The fourth-order valence-electron chi connectivity index (χ4n) is 4.78. The standard InChI is InChI=1S/C19H25N3O2S/c1-14-12-15(8-9-17(14)22(23)24)20-18-21(16-6-2-3-7-16)19(13-25-18)10-4-5-11-19/h8-9,12,16H,2-7,10-11,13H2,1H3. The van der Waals surface area contributed by atoms with E-state index in [1.807, 2.05) is 17.8 Å². The van der Waals surface area contributed by atoms with Gasteiger partial charge >= 0.3 is 0 Å². The fourth-order valence-corrected chi connectivity index (χ4v) is 6.25. The van der Waals surface area contributed by atoms with Crippen LogP contribution in [-0.2, 0) is 0 Å². The molecule has 1 saturated heterocycles. The minimum Gasteiger partial charge on any atom is -0.342 e. The van der Waals surface area contributed by atoms with Gasteiger partial charge in [0.2, 0.25) is 0 Å². The summed E-state index contributed by atoms with van der Waals surface area (Å²) < 4.78 is 0. The number of nitro benzene ring substituents is 1. The largest absolute Gasteiger partial charge is 0.342 e. The Morgan fingerprint density at radius 3 is 2.60 bits per heavy atom. The number of nitrogens with zero attached hydrogens (tertiary/aromatic N) is 3. The number of benzene rings is 1. The Kier molecular flexibility index (Phi) is 4.48. The zero-order chi connectivity index (χ0) is 17.4. The smallest absolute Gasteiger partial charge is 0.272 e. The maximum Gasteiger partial charge on any atom is 0.272 e. The highest BCUT2D eigenvalue weighted by Crippen LogP contribution is 2.48. The van der Waals surface area contributed by atoms with E-state index in [2.05, 4.69) is 4.90 Å². The summed E-state index contributed by atoms with van der Waals surface area (Å²) in [4.78, 5) is 18.3. The first kappa shape index (κ1) is 16.9. The van der Waals surface area contributed by atoms with Crippen LogP contribution < -0.4 is 0 Å². The van der Waals surface area contributed by atoms with Crippen molar-refractivity contribution >= 4 is 28.3 Å². The number of hydrogen-bond donors (Lipinski definition) is 0. The lowest BCUT2D eigenvalue weighted by Gasteiger charge is -2.40. The number of aryl methyl sites for hydroxylation is 1. The number of nitro groups is 1. The topological polar surface area (TPSA) is 58.7 Å². The zero-order valence-corrected chi connectivity index (χ0v) is 15.6. The summed E-state index contributed by atoms with van der Waals surface area (Å²) >= 11 is 1.89. The van der Waals surface area contributed by atoms with Gasteiger partial charge < -0.3 is 4.90 Å². The first-order valence-corrected chi connectivity index (χ1v) is 10.3. The molecule has 3 fully saturated rings.